The van der Waals surface area contributed by atoms with Gasteiger partial charge in [-0.2, -0.15) is 0 Å². The van der Waals surface area contributed by atoms with E-state index in [-0.39, 0.29) is 17.4 Å². The van der Waals surface area contributed by atoms with Gasteiger partial charge in [0, 0.05) is 36.0 Å². The zero-order valence-electron chi connectivity index (χ0n) is 11.3. The van der Waals surface area contributed by atoms with Gasteiger partial charge in [-0.3, -0.25) is 15.1 Å². The van der Waals surface area contributed by atoms with E-state index in [9.17, 15) is 14.9 Å². The third-order valence-corrected chi connectivity index (χ3v) is 3.90. The minimum atomic E-state index is -0.523. The number of anilines is 1. The second kappa shape index (κ2) is 5.72. The molecule has 1 N–H and O–H groups in total. The second-order valence-electron chi connectivity index (χ2n) is 4.85. The van der Waals surface area contributed by atoms with E-state index in [0.717, 1.165) is 11.1 Å². The predicted octanol–water partition coefficient (Wildman–Crippen LogP) is 3.30. The maximum Gasteiger partial charge on any atom is 0.322 e. The molecule has 8 heteroatoms. The summed E-state index contributed by atoms with van der Waals surface area (Å²) in [5, 5.41) is 13.6. The molecule has 1 aliphatic rings. The Hall–Kier alpha value is -2.48. The first-order valence-corrected chi connectivity index (χ1v) is 7.25. The zero-order chi connectivity index (χ0) is 15.7. The van der Waals surface area contributed by atoms with Crippen LogP contribution in [0, 0.1) is 10.1 Å². The van der Waals surface area contributed by atoms with Gasteiger partial charge in [-0.05, 0) is 29.3 Å². The lowest BCUT2D eigenvalue weighted by molar-refractivity contribution is -0.383. The van der Waals surface area contributed by atoms with E-state index >= 15 is 0 Å². The Morgan fingerprint density at radius 1 is 1.32 bits per heavy atom. The highest BCUT2D eigenvalue weighted by Gasteiger charge is 2.25. The zero-order valence-corrected chi connectivity index (χ0v) is 12.9. The molecular weight excluding hydrogens is 352 g/mol. The molecule has 1 aromatic heterocycles. The molecule has 0 radical (unpaired) electrons. The summed E-state index contributed by atoms with van der Waals surface area (Å²) < 4.78 is 0.655. The van der Waals surface area contributed by atoms with E-state index in [1.54, 1.807) is 23.4 Å². The van der Waals surface area contributed by atoms with Gasteiger partial charge in [0.05, 0.1) is 4.92 Å². The molecule has 2 aromatic rings. The molecule has 7 nitrogen and oxygen atoms in total. The fourth-order valence-electron chi connectivity index (χ4n) is 2.33. The summed E-state index contributed by atoms with van der Waals surface area (Å²) in [6.07, 6.45) is 3.41. The van der Waals surface area contributed by atoms with Crippen molar-refractivity contribution in [2.45, 2.75) is 13.1 Å². The van der Waals surface area contributed by atoms with Crippen molar-refractivity contribution in [1.82, 2.24) is 9.88 Å². The number of benzene rings is 1. The summed E-state index contributed by atoms with van der Waals surface area (Å²) in [5.74, 6) is 0. The van der Waals surface area contributed by atoms with E-state index in [2.05, 4.69) is 26.2 Å². The van der Waals surface area contributed by atoms with Crippen molar-refractivity contribution < 1.29 is 9.72 Å². The Kier molecular flexibility index (Phi) is 3.76. The minimum absolute atomic E-state index is 0.144. The number of nitrogens with zero attached hydrogens (tertiary/aromatic N) is 3. The molecule has 2 heterocycles. The summed E-state index contributed by atoms with van der Waals surface area (Å²) >= 11 is 3.25. The van der Waals surface area contributed by atoms with Crippen molar-refractivity contribution in [2.24, 2.45) is 0 Å². The molecule has 0 aliphatic carbocycles. The summed E-state index contributed by atoms with van der Waals surface area (Å²) in [4.78, 5) is 28.4. The largest absolute Gasteiger partial charge is 0.322 e. The summed E-state index contributed by atoms with van der Waals surface area (Å²) in [7, 11) is 0. The molecular formula is C14H11BrN4O3. The summed E-state index contributed by atoms with van der Waals surface area (Å²) in [6.45, 7) is 0.905. The number of rotatable bonds is 2. The average molecular weight is 363 g/mol. The second-order valence-corrected chi connectivity index (χ2v) is 5.76. The normalized spacial score (nSPS) is 12.9. The number of aromatic nitrogens is 1. The van der Waals surface area contributed by atoms with Crippen LogP contribution < -0.4 is 5.32 Å². The Bertz CT molecular complexity index is 741. The summed E-state index contributed by atoms with van der Waals surface area (Å²) in [5.41, 5.74) is 2.05. The van der Waals surface area contributed by atoms with Crippen LogP contribution in [0.25, 0.3) is 0 Å². The number of urea groups is 1. The molecule has 0 unspecified atom stereocenters. The fraction of sp³-hybridized carbons (Fsp3) is 0.143. The van der Waals surface area contributed by atoms with Crippen LogP contribution in [-0.2, 0) is 13.1 Å². The van der Waals surface area contributed by atoms with E-state index in [0.29, 0.717) is 17.6 Å². The lowest BCUT2D eigenvalue weighted by atomic mass is 10.2. The van der Waals surface area contributed by atoms with Crippen LogP contribution in [-0.4, -0.2) is 20.8 Å². The number of hydrogen-bond donors (Lipinski definition) is 1. The van der Waals surface area contributed by atoms with Crippen molar-refractivity contribution >= 4 is 33.3 Å². The lowest BCUT2D eigenvalue weighted by Crippen LogP contribution is -2.30. The fourth-order valence-corrected chi connectivity index (χ4v) is 2.69. The molecule has 0 saturated carbocycles. The van der Waals surface area contributed by atoms with Crippen molar-refractivity contribution in [2.75, 3.05) is 5.32 Å². The number of nitro benzene ring substituents is 1. The third kappa shape index (κ3) is 2.77. The topological polar surface area (TPSA) is 88.4 Å². The van der Waals surface area contributed by atoms with Crippen molar-refractivity contribution in [3.63, 3.8) is 0 Å². The van der Waals surface area contributed by atoms with Gasteiger partial charge >= 0.3 is 6.03 Å². The number of carbonyl (C=O) groups excluding carboxylic acids is 1. The highest BCUT2D eigenvalue weighted by molar-refractivity contribution is 9.10. The molecule has 0 spiro atoms. The van der Waals surface area contributed by atoms with E-state index in [4.69, 9.17) is 0 Å². The van der Waals surface area contributed by atoms with Gasteiger partial charge in [0.15, 0.2) is 0 Å². The van der Waals surface area contributed by atoms with Gasteiger partial charge in [0.1, 0.15) is 5.69 Å². The average Bonchev–Trinajstić information content (AvgIpc) is 2.91. The molecule has 0 bridgehead atoms. The standard InChI is InChI=1S/C14H11BrN4O3/c15-11-1-2-13(19(21)22)12(5-11)17-14(20)18-7-9-3-4-16-6-10(9)8-18/h1-6H,7-8H2,(H,17,20). The first-order chi connectivity index (χ1) is 10.5. The quantitative estimate of drug-likeness (QED) is 0.655. The molecule has 22 heavy (non-hydrogen) atoms. The van der Waals surface area contributed by atoms with Gasteiger partial charge in [0.25, 0.3) is 5.69 Å². The molecule has 112 valence electrons. The molecule has 2 amide bonds. The maximum absolute atomic E-state index is 12.3. The van der Waals surface area contributed by atoms with E-state index in [1.165, 1.54) is 12.1 Å². The van der Waals surface area contributed by atoms with Crippen LogP contribution in [0.5, 0.6) is 0 Å². The molecule has 0 fully saturated rings. The number of fused-ring (bicyclic) bond motifs is 1. The van der Waals surface area contributed by atoms with Gasteiger partial charge in [-0.1, -0.05) is 15.9 Å². The van der Waals surface area contributed by atoms with Gasteiger partial charge < -0.3 is 10.2 Å². The van der Waals surface area contributed by atoms with Crippen molar-refractivity contribution in [1.29, 1.82) is 0 Å². The molecule has 1 aromatic carbocycles. The number of pyridine rings is 1. The predicted molar refractivity (Wildman–Crippen MR) is 83.3 cm³/mol. The van der Waals surface area contributed by atoms with Crippen LogP contribution in [0.1, 0.15) is 11.1 Å². The number of carbonyl (C=O) groups is 1. The smallest absolute Gasteiger partial charge is 0.316 e. The van der Waals surface area contributed by atoms with Crippen LogP contribution >= 0.6 is 15.9 Å². The highest BCUT2D eigenvalue weighted by atomic mass is 79.9. The van der Waals surface area contributed by atoms with Crippen LogP contribution in [0.3, 0.4) is 0 Å². The Labute approximate surface area is 134 Å². The lowest BCUT2D eigenvalue weighted by Gasteiger charge is -2.16. The number of halogens is 1. The van der Waals surface area contributed by atoms with Crippen molar-refractivity contribution in [3.8, 4) is 0 Å². The van der Waals surface area contributed by atoms with Crippen LogP contribution in [0.4, 0.5) is 16.2 Å². The van der Waals surface area contributed by atoms with E-state index in [1.807, 2.05) is 6.07 Å². The molecule has 0 saturated heterocycles. The number of hydrogen-bond acceptors (Lipinski definition) is 4. The molecule has 1 aliphatic heterocycles. The number of nitro groups is 1. The van der Waals surface area contributed by atoms with E-state index < -0.39 is 4.92 Å². The maximum atomic E-state index is 12.3. The summed E-state index contributed by atoms with van der Waals surface area (Å²) in [6, 6.07) is 5.91. The van der Waals surface area contributed by atoms with Gasteiger partial charge in [-0.25, -0.2) is 4.79 Å². The monoisotopic (exact) mass is 362 g/mol. The van der Waals surface area contributed by atoms with Crippen LogP contribution in [0.2, 0.25) is 0 Å². The molecule has 0 atom stereocenters. The Morgan fingerprint density at radius 2 is 2.09 bits per heavy atom. The first-order valence-electron chi connectivity index (χ1n) is 6.46. The van der Waals surface area contributed by atoms with Gasteiger partial charge in [-0.15, -0.1) is 0 Å². The van der Waals surface area contributed by atoms with Crippen LogP contribution in [0.15, 0.2) is 41.1 Å². The Balaban J connectivity index is 1.79. The SMILES string of the molecule is O=C(Nc1cc(Br)ccc1[N+](=O)[O-])N1Cc2ccncc2C1. The molecule has 3 rings (SSSR count). The Morgan fingerprint density at radius 3 is 2.82 bits per heavy atom. The number of nitrogens with one attached hydrogen (secondary N) is 1. The van der Waals surface area contributed by atoms with Crippen molar-refractivity contribution in [3.05, 3.63) is 62.4 Å². The third-order valence-electron chi connectivity index (χ3n) is 3.41. The highest BCUT2D eigenvalue weighted by Crippen LogP contribution is 2.29. The number of amides is 2. The van der Waals surface area contributed by atoms with Gasteiger partial charge in [0.2, 0.25) is 0 Å². The first kappa shape index (κ1) is 14.5. The minimum Gasteiger partial charge on any atom is -0.316 e.